The monoisotopic (exact) mass is 393 g/mol. The van der Waals surface area contributed by atoms with Crippen LogP contribution in [0, 0.1) is 0 Å². The largest absolute Gasteiger partial charge is 0.341 e. The molecular weight excluding hydrogens is 366 g/mol. The van der Waals surface area contributed by atoms with Crippen molar-refractivity contribution >= 4 is 16.8 Å². The van der Waals surface area contributed by atoms with Gasteiger partial charge in [0.2, 0.25) is 5.91 Å². The maximum absolute atomic E-state index is 13.3. The Labute approximate surface area is 169 Å². The van der Waals surface area contributed by atoms with Gasteiger partial charge in [-0.15, -0.1) is 0 Å². The molecule has 1 aromatic carbocycles. The van der Waals surface area contributed by atoms with Crippen molar-refractivity contribution in [2.75, 3.05) is 13.1 Å². The van der Waals surface area contributed by atoms with E-state index in [0.717, 1.165) is 55.5 Å². The molecule has 0 radical (unpaired) electrons. The fourth-order valence-corrected chi connectivity index (χ4v) is 3.94. The van der Waals surface area contributed by atoms with Crippen molar-refractivity contribution in [3.63, 3.8) is 0 Å². The van der Waals surface area contributed by atoms with E-state index in [9.17, 15) is 9.59 Å². The molecule has 7 heteroatoms. The van der Waals surface area contributed by atoms with E-state index in [4.69, 9.17) is 0 Å². The van der Waals surface area contributed by atoms with E-state index < -0.39 is 0 Å². The lowest BCUT2D eigenvalue weighted by Crippen LogP contribution is -2.38. The highest BCUT2D eigenvalue weighted by Gasteiger charge is 2.22. The summed E-state index contributed by atoms with van der Waals surface area (Å²) in [5.41, 5.74) is 1.78. The number of fused-ring (bicyclic) bond motifs is 1. The quantitative estimate of drug-likeness (QED) is 0.683. The number of likely N-dealkylation sites (tertiary alicyclic amines) is 1. The smallest absolute Gasteiger partial charge is 0.293 e. The molecule has 0 saturated carbocycles. The maximum Gasteiger partial charge on any atom is 0.293 e. The van der Waals surface area contributed by atoms with Crippen LogP contribution in [0.4, 0.5) is 0 Å². The van der Waals surface area contributed by atoms with Gasteiger partial charge >= 0.3 is 0 Å². The number of carbonyl (C=O) groups excluding carboxylic acids is 1. The van der Waals surface area contributed by atoms with Crippen molar-refractivity contribution in [3.8, 4) is 5.69 Å². The summed E-state index contributed by atoms with van der Waals surface area (Å²) >= 11 is 0. The Morgan fingerprint density at radius 3 is 2.41 bits per heavy atom. The van der Waals surface area contributed by atoms with Gasteiger partial charge in [-0.05, 0) is 30.9 Å². The number of hydrogen-bond donors (Lipinski definition) is 0. The first-order chi connectivity index (χ1) is 14.1. The number of benzene rings is 1. The van der Waals surface area contributed by atoms with Crippen LogP contribution >= 0.6 is 0 Å². The van der Waals surface area contributed by atoms with E-state index in [-0.39, 0.29) is 23.9 Å². The molecule has 152 valence electrons. The zero-order chi connectivity index (χ0) is 20.4. The van der Waals surface area contributed by atoms with E-state index in [1.807, 2.05) is 49.1 Å². The molecule has 2 aromatic heterocycles. The molecule has 7 nitrogen and oxygen atoms in total. The first-order valence-electron chi connectivity index (χ1n) is 10.4. The standard InChI is InChI=1S/C22H27N5O2/c1-16(2)20-18-14-23-27(17-10-6-5-7-11-17)21(18)22(29)26(24-20)15-19(28)25-12-8-3-4-9-13-25/h5-7,10-11,14,16H,3-4,8-9,12-13,15H2,1-2H3. The molecule has 0 bridgehead atoms. The fourth-order valence-electron chi connectivity index (χ4n) is 3.94. The molecule has 0 spiro atoms. The van der Waals surface area contributed by atoms with Gasteiger partial charge in [-0.1, -0.05) is 44.9 Å². The molecule has 3 heterocycles. The molecule has 1 aliphatic heterocycles. The summed E-state index contributed by atoms with van der Waals surface area (Å²) in [4.78, 5) is 28.1. The molecular formula is C22H27N5O2. The molecule has 0 N–H and O–H groups in total. The number of hydrogen-bond acceptors (Lipinski definition) is 4. The van der Waals surface area contributed by atoms with E-state index in [1.54, 1.807) is 10.9 Å². The normalized spacial score (nSPS) is 15.1. The Balaban J connectivity index is 1.79. The Hall–Kier alpha value is -2.96. The first kappa shape index (κ1) is 19.4. The number of nitrogens with zero attached hydrogens (tertiary/aromatic N) is 5. The number of para-hydroxylation sites is 1. The third-order valence-corrected chi connectivity index (χ3v) is 5.50. The lowest BCUT2D eigenvalue weighted by molar-refractivity contribution is -0.132. The summed E-state index contributed by atoms with van der Waals surface area (Å²) in [6.07, 6.45) is 6.05. The van der Waals surface area contributed by atoms with Crippen LogP contribution in [-0.2, 0) is 11.3 Å². The highest BCUT2D eigenvalue weighted by molar-refractivity contribution is 5.82. The van der Waals surface area contributed by atoms with Gasteiger partial charge in [-0.25, -0.2) is 9.36 Å². The van der Waals surface area contributed by atoms with Crippen molar-refractivity contribution < 1.29 is 4.79 Å². The Morgan fingerprint density at radius 1 is 1.07 bits per heavy atom. The summed E-state index contributed by atoms with van der Waals surface area (Å²) in [7, 11) is 0. The first-order valence-corrected chi connectivity index (χ1v) is 10.4. The molecule has 1 fully saturated rings. The molecule has 1 saturated heterocycles. The summed E-state index contributed by atoms with van der Waals surface area (Å²) in [6.45, 7) is 5.55. The van der Waals surface area contributed by atoms with Gasteiger partial charge in [0, 0.05) is 18.5 Å². The van der Waals surface area contributed by atoms with Crippen LogP contribution in [0.3, 0.4) is 0 Å². The predicted molar refractivity (Wildman–Crippen MR) is 112 cm³/mol. The maximum atomic E-state index is 13.3. The highest BCUT2D eigenvalue weighted by Crippen LogP contribution is 2.23. The van der Waals surface area contributed by atoms with Gasteiger partial charge in [0.15, 0.2) is 0 Å². The fraction of sp³-hybridized carbons (Fsp3) is 0.455. The van der Waals surface area contributed by atoms with Gasteiger partial charge in [-0.2, -0.15) is 10.2 Å². The minimum atomic E-state index is -0.283. The molecule has 0 aliphatic carbocycles. The minimum Gasteiger partial charge on any atom is -0.341 e. The van der Waals surface area contributed by atoms with Crippen molar-refractivity contribution in [2.45, 2.75) is 52.0 Å². The SMILES string of the molecule is CC(C)c1nn(CC(=O)N2CCCCCC2)c(=O)c2c1cnn2-c1ccccc1. The molecule has 1 aliphatic rings. The second-order valence-corrected chi connectivity index (χ2v) is 7.95. The molecule has 0 unspecified atom stereocenters. The zero-order valence-electron chi connectivity index (χ0n) is 17.0. The van der Waals surface area contributed by atoms with Crippen LogP contribution in [-0.4, -0.2) is 43.5 Å². The van der Waals surface area contributed by atoms with Gasteiger partial charge in [0.1, 0.15) is 12.1 Å². The lowest BCUT2D eigenvalue weighted by atomic mass is 10.1. The second-order valence-electron chi connectivity index (χ2n) is 7.95. The predicted octanol–water partition coefficient (Wildman–Crippen LogP) is 3.11. The average molecular weight is 393 g/mol. The Morgan fingerprint density at radius 2 is 1.76 bits per heavy atom. The van der Waals surface area contributed by atoms with E-state index in [1.165, 1.54) is 4.68 Å². The van der Waals surface area contributed by atoms with Crippen molar-refractivity contribution in [2.24, 2.45) is 0 Å². The van der Waals surface area contributed by atoms with Crippen molar-refractivity contribution in [1.29, 1.82) is 0 Å². The van der Waals surface area contributed by atoms with E-state index in [0.29, 0.717) is 5.52 Å². The second kappa shape index (κ2) is 8.19. The number of rotatable bonds is 4. The average Bonchev–Trinajstić information content (AvgIpc) is 2.98. The number of aromatic nitrogens is 4. The third-order valence-electron chi connectivity index (χ3n) is 5.50. The molecule has 1 amide bonds. The van der Waals surface area contributed by atoms with Crippen LogP contribution in [0.2, 0.25) is 0 Å². The van der Waals surface area contributed by atoms with Crippen LogP contribution in [0.25, 0.3) is 16.6 Å². The van der Waals surface area contributed by atoms with Crippen LogP contribution in [0.1, 0.15) is 51.1 Å². The highest BCUT2D eigenvalue weighted by atomic mass is 16.2. The number of carbonyl (C=O) groups is 1. The summed E-state index contributed by atoms with van der Waals surface area (Å²) in [6, 6.07) is 9.57. The third kappa shape index (κ3) is 3.81. The number of amides is 1. The van der Waals surface area contributed by atoms with Crippen molar-refractivity contribution in [3.05, 3.63) is 52.6 Å². The van der Waals surface area contributed by atoms with Crippen LogP contribution < -0.4 is 5.56 Å². The molecule has 29 heavy (non-hydrogen) atoms. The van der Waals surface area contributed by atoms with E-state index in [2.05, 4.69) is 10.2 Å². The van der Waals surface area contributed by atoms with Crippen LogP contribution in [0.5, 0.6) is 0 Å². The molecule has 3 aromatic rings. The minimum absolute atomic E-state index is 0.0333. The Kier molecular flexibility index (Phi) is 5.47. The Bertz CT molecular complexity index is 1060. The zero-order valence-corrected chi connectivity index (χ0v) is 17.0. The van der Waals surface area contributed by atoms with Gasteiger partial charge in [0.25, 0.3) is 5.56 Å². The van der Waals surface area contributed by atoms with Gasteiger partial charge in [-0.3, -0.25) is 9.59 Å². The summed E-state index contributed by atoms with van der Waals surface area (Å²) in [5.74, 6) is 0.0624. The lowest BCUT2D eigenvalue weighted by Gasteiger charge is -2.21. The topological polar surface area (TPSA) is 73.0 Å². The molecule has 0 atom stereocenters. The summed E-state index contributed by atoms with van der Waals surface area (Å²) in [5, 5.41) is 9.77. The molecule has 4 rings (SSSR count). The summed E-state index contributed by atoms with van der Waals surface area (Å²) < 4.78 is 2.98. The van der Waals surface area contributed by atoms with Gasteiger partial charge in [0.05, 0.1) is 17.6 Å². The van der Waals surface area contributed by atoms with Crippen molar-refractivity contribution in [1.82, 2.24) is 24.5 Å². The van der Waals surface area contributed by atoms with Crippen LogP contribution in [0.15, 0.2) is 41.3 Å². The van der Waals surface area contributed by atoms with Gasteiger partial charge < -0.3 is 4.90 Å². The van der Waals surface area contributed by atoms with E-state index >= 15 is 0 Å².